The van der Waals surface area contributed by atoms with Crippen molar-refractivity contribution in [1.82, 2.24) is 9.21 Å². The summed E-state index contributed by atoms with van der Waals surface area (Å²) >= 11 is 0. The van der Waals surface area contributed by atoms with Gasteiger partial charge >= 0.3 is 5.97 Å². The van der Waals surface area contributed by atoms with Crippen molar-refractivity contribution < 1.29 is 22.7 Å². The van der Waals surface area contributed by atoms with Gasteiger partial charge in [0.15, 0.2) is 0 Å². The maximum Gasteiger partial charge on any atom is 0.306 e. The molecule has 1 aliphatic heterocycles. The maximum atomic E-state index is 13.3. The van der Waals surface area contributed by atoms with Gasteiger partial charge in [0, 0.05) is 38.3 Å². The number of carbonyl (C=O) groups excluding carboxylic acids is 2. The van der Waals surface area contributed by atoms with E-state index in [1.54, 1.807) is 19.1 Å². The van der Waals surface area contributed by atoms with Crippen molar-refractivity contribution in [3.63, 3.8) is 0 Å². The van der Waals surface area contributed by atoms with Gasteiger partial charge in [0.05, 0.1) is 24.0 Å². The van der Waals surface area contributed by atoms with E-state index < -0.39 is 16.0 Å². The van der Waals surface area contributed by atoms with Crippen molar-refractivity contribution >= 4 is 27.6 Å². The molecular formula is C29H33N3O5S. The maximum absolute atomic E-state index is 13.3. The molecule has 200 valence electrons. The number of rotatable bonds is 10. The summed E-state index contributed by atoms with van der Waals surface area (Å²) in [5.74, 6) is -0.765. The monoisotopic (exact) mass is 535 g/mol. The van der Waals surface area contributed by atoms with Crippen molar-refractivity contribution in [2.75, 3.05) is 38.1 Å². The van der Waals surface area contributed by atoms with Gasteiger partial charge in [-0.15, -0.1) is 0 Å². The number of nitrogens with zero attached hydrogens (tertiary/aromatic N) is 2. The summed E-state index contributed by atoms with van der Waals surface area (Å²) in [5, 5.41) is 2.69. The van der Waals surface area contributed by atoms with Crippen LogP contribution in [0.5, 0.6) is 0 Å². The summed E-state index contributed by atoms with van der Waals surface area (Å²) in [6.07, 6.45) is -0.0103. The van der Waals surface area contributed by atoms with Gasteiger partial charge in [-0.05, 0) is 42.3 Å². The molecule has 0 aliphatic carbocycles. The average Bonchev–Trinajstić information content (AvgIpc) is 2.94. The molecule has 1 aliphatic rings. The number of ether oxygens (including phenoxy) is 1. The van der Waals surface area contributed by atoms with Crippen LogP contribution in [-0.2, 0) is 24.3 Å². The summed E-state index contributed by atoms with van der Waals surface area (Å²) < 4.78 is 33.0. The van der Waals surface area contributed by atoms with E-state index in [1.807, 2.05) is 36.4 Å². The first-order valence-electron chi connectivity index (χ1n) is 12.8. The van der Waals surface area contributed by atoms with Gasteiger partial charge < -0.3 is 10.1 Å². The van der Waals surface area contributed by atoms with Crippen molar-refractivity contribution in [2.24, 2.45) is 0 Å². The van der Waals surface area contributed by atoms with Crippen molar-refractivity contribution in [3.8, 4) is 0 Å². The first-order chi connectivity index (χ1) is 18.4. The highest BCUT2D eigenvalue weighted by molar-refractivity contribution is 7.89. The number of hydrogen-bond acceptors (Lipinski definition) is 6. The number of amides is 1. The zero-order valence-electron chi connectivity index (χ0n) is 21.5. The van der Waals surface area contributed by atoms with Gasteiger partial charge in [0.25, 0.3) is 0 Å². The van der Waals surface area contributed by atoms with E-state index >= 15 is 0 Å². The lowest BCUT2D eigenvalue weighted by Gasteiger charge is -2.39. The first-order valence-corrected chi connectivity index (χ1v) is 14.2. The van der Waals surface area contributed by atoms with Crippen LogP contribution in [0.1, 0.15) is 36.9 Å². The Morgan fingerprint density at radius 1 is 0.816 bits per heavy atom. The van der Waals surface area contributed by atoms with Crippen LogP contribution in [0.2, 0.25) is 0 Å². The Kier molecular flexibility index (Phi) is 9.28. The van der Waals surface area contributed by atoms with E-state index in [1.165, 1.54) is 27.6 Å². The predicted molar refractivity (Wildman–Crippen MR) is 146 cm³/mol. The smallest absolute Gasteiger partial charge is 0.306 e. The van der Waals surface area contributed by atoms with Crippen LogP contribution in [0.15, 0.2) is 89.8 Å². The SMILES string of the molecule is CCOC(=O)CCC(=O)Nc1ccc(S(=O)(=O)N2CCN(C(c3ccccc3)c3ccccc3)CC2)cc1. The average molecular weight is 536 g/mol. The minimum Gasteiger partial charge on any atom is -0.466 e. The predicted octanol–water partition coefficient (Wildman–Crippen LogP) is 4.06. The fourth-order valence-electron chi connectivity index (χ4n) is 4.62. The summed E-state index contributed by atoms with van der Waals surface area (Å²) in [6, 6.07) is 26.7. The summed E-state index contributed by atoms with van der Waals surface area (Å²) in [4.78, 5) is 26.0. The molecule has 0 bridgehead atoms. The fourth-order valence-corrected chi connectivity index (χ4v) is 6.04. The quantitative estimate of drug-likeness (QED) is 0.394. The van der Waals surface area contributed by atoms with Crippen molar-refractivity contribution in [1.29, 1.82) is 0 Å². The second-order valence-electron chi connectivity index (χ2n) is 9.04. The lowest BCUT2D eigenvalue weighted by Crippen LogP contribution is -2.49. The zero-order chi connectivity index (χ0) is 27.0. The van der Waals surface area contributed by atoms with Gasteiger partial charge in [-0.2, -0.15) is 4.31 Å². The molecule has 8 nitrogen and oxygen atoms in total. The Bertz CT molecular complexity index is 1270. The van der Waals surface area contributed by atoms with E-state index in [4.69, 9.17) is 4.74 Å². The molecule has 0 radical (unpaired) electrons. The second kappa shape index (κ2) is 12.8. The number of carbonyl (C=O) groups is 2. The summed E-state index contributed by atoms with van der Waals surface area (Å²) in [7, 11) is -3.68. The van der Waals surface area contributed by atoms with Crippen LogP contribution in [0.25, 0.3) is 0 Å². The molecule has 0 unspecified atom stereocenters. The molecule has 3 aromatic rings. The lowest BCUT2D eigenvalue weighted by molar-refractivity contribution is -0.144. The van der Waals surface area contributed by atoms with Crippen molar-refractivity contribution in [2.45, 2.75) is 30.7 Å². The molecule has 0 spiro atoms. The number of esters is 1. The highest BCUT2D eigenvalue weighted by Crippen LogP contribution is 2.30. The third-order valence-electron chi connectivity index (χ3n) is 6.51. The Labute approximate surface area is 224 Å². The third-order valence-corrected chi connectivity index (χ3v) is 8.42. The van der Waals surface area contributed by atoms with Gasteiger partial charge in [-0.1, -0.05) is 60.7 Å². The minimum absolute atomic E-state index is 0.00385. The molecule has 1 saturated heterocycles. The van der Waals surface area contributed by atoms with Crippen LogP contribution in [0, 0.1) is 0 Å². The number of nitrogens with one attached hydrogen (secondary N) is 1. The van der Waals surface area contributed by atoms with E-state index in [2.05, 4.69) is 34.5 Å². The molecule has 4 rings (SSSR count). The van der Waals surface area contributed by atoms with Gasteiger partial charge in [0.2, 0.25) is 15.9 Å². The topological polar surface area (TPSA) is 96.0 Å². The lowest BCUT2D eigenvalue weighted by atomic mass is 9.96. The molecule has 1 heterocycles. The van der Waals surface area contributed by atoms with Crippen LogP contribution in [0.4, 0.5) is 5.69 Å². The van der Waals surface area contributed by atoms with E-state index in [-0.39, 0.29) is 36.3 Å². The molecule has 38 heavy (non-hydrogen) atoms. The highest BCUT2D eigenvalue weighted by atomic mass is 32.2. The molecule has 0 aromatic heterocycles. The van der Waals surface area contributed by atoms with Gasteiger partial charge in [-0.3, -0.25) is 14.5 Å². The Morgan fingerprint density at radius 2 is 1.37 bits per heavy atom. The number of hydrogen-bond donors (Lipinski definition) is 1. The van der Waals surface area contributed by atoms with Gasteiger partial charge in [-0.25, -0.2) is 8.42 Å². The normalized spacial score (nSPS) is 14.8. The molecule has 1 amide bonds. The largest absolute Gasteiger partial charge is 0.466 e. The molecule has 1 N–H and O–H groups in total. The van der Waals surface area contributed by atoms with Crippen LogP contribution < -0.4 is 5.32 Å². The molecule has 1 fully saturated rings. The van der Waals surface area contributed by atoms with E-state index in [9.17, 15) is 18.0 Å². The number of piperazine rings is 1. The second-order valence-corrected chi connectivity index (χ2v) is 11.0. The summed E-state index contributed by atoms with van der Waals surface area (Å²) in [6.45, 7) is 3.94. The van der Waals surface area contributed by atoms with Crippen molar-refractivity contribution in [3.05, 3.63) is 96.1 Å². The van der Waals surface area contributed by atoms with E-state index in [0.717, 1.165) is 0 Å². The Morgan fingerprint density at radius 3 is 1.89 bits per heavy atom. The molecule has 9 heteroatoms. The molecule has 3 aromatic carbocycles. The third kappa shape index (κ3) is 6.86. The Hall–Kier alpha value is -3.53. The number of anilines is 1. The standard InChI is InChI=1S/C29H33N3O5S/c1-2-37-28(34)18-17-27(33)30-25-13-15-26(16-14-25)38(35,36)32-21-19-31(20-22-32)29(23-9-5-3-6-10-23)24-11-7-4-8-12-24/h3-16,29H,2,17-22H2,1H3,(H,30,33). The Balaban J connectivity index is 1.38. The molecular weight excluding hydrogens is 502 g/mol. The fraction of sp³-hybridized carbons (Fsp3) is 0.310. The van der Waals surface area contributed by atoms with Crippen LogP contribution >= 0.6 is 0 Å². The molecule has 0 saturated carbocycles. The first kappa shape index (κ1) is 27.5. The van der Waals surface area contributed by atoms with Gasteiger partial charge in [0.1, 0.15) is 0 Å². The number of benzene rings is 3. The van der Waals surface area contributed by atoms with Crippen LogP contribution in [0.3, 0.4) is 0 Å². The minimum atomic E-state index is -3.68. The summed E-state index contributed by atoms with van der Waals surface area (Å²) in [5.41, 5.74) is 2.82. The van der Waals surface area contributed by atoms with Crippen LogP contribution in [-0.4, -0.2) is 62.3 Å². The van der Waals surface area contributed by atoms with E-state index in [0.29, 0.717) is 31.9 Å². The zero-order valence-corrected chi connectivity index (χ0v) is 22.3. The highest BCUT2D eigenvalue weighted by Gasteiger charge is 2.32. The number of sulfonamides is 1. The molecule has 0 atom stereocenters.